The molecule has 114 valence electrons. The molecule has 2 aliphatic heterocycles. The third-order valence-corrected chi connectivity index (χ3v) is 3.55. The summed E-state index contributed by atoms with van der Waals surface area (Å²) in [5.41, 5.74) is 0. The number of aliphatic hydroxyl groups excluding tert-OH is 1. The van der Waals surface area contributed by atoms with Gasteiger partial charge in [0.15, 0.2) is 5.79 Å². The minimum atomic E-state index is -0.711. The molecule has 2 rings (SSSR count). The largest absolute Gasteiger partial charge is 0.459 e. The molecule has 1 fully saturated rings. The van der Waals surface area contributed by atoms with E-state index < -0.39 is 11.9 Å². The molecule has 1 saturated heterocycles. The summed E-state index contributed by atoms with van der Waals surface area (Å²) in [6.07, 6.45) is 4.15. The number of hydrogen-bond donors (Lipinski definition) is 1. The molecule has 1 N–H and O–H groups in total. The van der Waals surface area contributed by atoms with E-state index in [9.17, 15) is 9.90 Å². The van der Waals surface area contributed by atoms with Crippen molar-refractivity contribution in [1.29, 1.82) is 0 Å². The van der Waals surface area contributed by atoms with Crippen LogP contribution in [0.2, 0.25) is 0 Å². The number of ether oxygens (including phenoxy) is 3. The van der Waals surface area contributed by atoms with Crippen molar-refractivity contribution in [3.63, 3.8) is 0 Å². The van der Waals surface area contributed by atoms with E-state index in [4.69, 9.17) is 14.2 Å². The van der Waals surface area contributed by atoms with Gasteiger partial charge in [0.1, 0.15) is 18.3 Å². The lowest BCUT2D eigenvalue weighted by Gasteiger charge is -2.26. The lowest BCUT2D eigenvalue weighted by molar-refractivity contribution is -0.171. The smallest absolute Gasteiger partial charge is 0.306 e. The van der Waals surface area contributed by atoms with Gasteiger partial charge < -0.3 is 19.3 Å². The fourth-order valence-corrected chi connectivity index (χ4v) is 2.66. The first-order chi connectivity index (χ1) is 9.41. The van der Waals surface area contributed by atoms with Gasteiger partial charge in [-0.3, -0.25) is 4.79 Å². The van der Waals surface area contributed by atoms with E-state index in [1.54, 1.807) is 6.08 Å². The van der Waals surface area contributed by atoms with Gasteiger partial charge in [-0.25, -0.2) is 0 Å². The van der Waals surface area contributed by atoms with Gasteiger partial charge in [-0.15, -0.1) is 0 Å². The second kappa shape index (κ2) is 6.24. The van der Waals surface area contributed by atoms with Gasteiger partial charge in [0.25, 0.3) is 0 Å². The van der Waals surface area contributed by atoms with E-state index in [0.29, 0.717) is 6.42 Å². The van der Waals surface area contributed by atoms with Crippen LogP contribution in [0.3, 0.4) is 0 Å². The van der Waals surface area contributed by atoms with E-state index in [-0.39, 0.29) is 30.7 Å². The van der Waals surface area contributed by atoms with Crippen molar-refractivity contribution in [2.24, 2.45) is 0 Å². The van der Waals surface area contributed by atoms with Crippen molar-refractivity contribution in [2.45, 2.75) is 76.7 Å². The van der Waals surface area contributed by atoms with Crippen molar-refractivity contribution in [3.8, 4) is 0 Å². The minimum Gasteiger partial charge on any atom is -0.459 e. The SMILES string of the molecule is CCCC1OC(=O)CC[C@@H](O)/C=C/[C@@H]2OC(C)(C)O[C@H]12. The lowest BCUT2D eigenvalue weighted by atomic mass is 10.0. The second-order valence-corrected chi connectivity index (χ2v) is 5.87. The van der Waals surface area contributed by atoms with E-state index in [1.807, 2.05) is 26.8 Å². The van der Waals surface area contributed by atoms with Gasteiger partial charge in [-0.1, -0.05) is 25.5 Å². The van der Waals surface area contributed by atoms with E-state index in [0.717, 1.165) is 12.8 Å². The fraction of sp³-hybridized carbons (Fsp3) is 0.800. The van der Waals surface area contributed by atoms with Crippen molar-refractivity contribution < 1.29 is 24.1 Å². The highest BCUT2D eigenvalue weighted by Gasteiger charge is 2.45. The first kappa shape index (κ1) is 15.5. The molecule has 0 aromatic heterocycles. The zero-order valence-corrected chi connectivity index (χ0v) is 12.4. The molecule has 0 spiro atoms. The maximum absolute atomic E-state index is 11.8. The molecule has 0 amide bonds. The molecule has 1 unspecified atom stereocenters. The van der Waals surface area contributed by atoms with Crippen molar-refractivity contribution >= 4 is 5.97 Å². The lowest BCUT2D eigenvalue weighted by Crippen LogP contribution is -2.38. The van der Waals surface area contributed by atoms with Crippen LogP contribution in [0.5, 0.6) is 0 Å². The van der Waals surface area contributed by atoms with E-state index in [2.05, 4.69) is 0 Å². The number of cyclic esters (lactones) is 1. The molecule has 20 heavy (non-hydrogen) atoms. The molecule has 0 aromatic rings. The number of hydrogen-bond acceptors (Lipinski definition) is 5. The second-order valence-electron chi connectivity index (χ2n) is 5.87. The Morgan fingerprint density at radius 3 is 2.80 bits per heavy atom. The van der Waals surface area contributed by atoms with Crippen LogP contribution >= 0.6 is 0 Å². The predicted octanol–water partition coefficient (Wildman–Crippen LogP) is 1.93. The Morgan fingerprint density at radius 1 is 1.35 bits per heavy atom. The molecule has 0 aromatic carbocycles. The van der Waals surface area contributed by atoms with Crippen LogP contribution in [0.4, 0.5) is 0 Å². The highest BCUT2D eigenvalue weighted by Crippen LogP contribution is 2.33. The predicted molar refractivity (Wildman–Crippen MR) is 73.0 cm³/mol. The summed E-state index contributed by atoms with van der Waals surface area (Å²) in [6, 6.07) is 0. The van der Waals surface area contributed by atoms with Gasteiger partial charge in [0.05, 0.1) is 6.10 Å². The monoisotopic (exact) mass is 284 g/mol. The van der Waals surface area contributed by atoms with Gasteiger partial charge in [0.2, 0.25) is 0 Å². The van der Waals surface area contributed by atoms with Crippen LogP contribution < -0.4 is 0 Å². The highest BCUT2D eigenvalue weighted by molar-refractivity contribution is 5.69. The number of carbonyl (C=O) groups is 1. The Morgan fingerprint density at radius 2 is 2.10 bits per heavy atom. The Bertz CT molecular complexity index is 376. The van der Waals surface area contributed by atoms with Crippen molar-refractivity contribution in [3.05, 3.63) is 12.2 Å². The van der Waals surface area contributed by atoms with E-state index in [1.165, 1.54) is 0 Å². The zero-order valence-electron chi connectivity index (χ0n) is 12.4. The summed E-state index contributed by atoms with van der Waals surface area (Å²) in [5, 5.41) is 9.78. The summed E-state index contributed by atoms with van der Waals surface area (Å²) >= 11 is 0. The topological polar surface area (TPSA) is 65.0 Å². The molecule has 0 aliphatic carbocycles. The van der Waals surface area contributed by atoms with Crippen molar-refractivity contribution in [1.82, 2.24) is 0 Å². The standard InChI is InChI=1S/C15H24O5/c1-4-5-11-14-12(19-15(2,3)20-14)8-6-10(16)7-9-13(17)18-11/h6,8,10-12,14,16H,4-5,7,9H2,1-3H3/b8-6+/t10-,11?,12-,14+/m0/s1. The third kappa shape index (κ3) is 3.81. The Labute approximate surface area is 119 Å². The van der Waals surface area contributed by atoms with Crippen LogP contribution in [0, 0.1) is 0 Å². The first-order valence-corrected chi connectivity index (χ1v) is 7.33. The Balaban J connectivity index is 2.23. The quantitative estimate of drug-likeness (QED) is 0.620. The van der Waals surface area contributed by atoms with Gasteiger partial charge in [-0.05, 0) is 26.7 Å². The summed E-state index contributed by atoms with van der Waals surface area (Å²) < 4.78 is 17.3. The molecule has 0 saturated carbocycles. The molecule has 5 heteroatoms. The number of carbonyl (C=O) groups excluding carboxylic acids is 1. The molecule has 2 aliphatic rings. The van der Waals surface area contributed by atoms with E-state index >= 15 is 0 Å². The van der Waals surface area contributed by atoms with Crippen LogP contribution in [-0.2, 0) is 19.0 Å². The zero-order chi connectivity index (χ0) is 14.8. The van der Waals surface area contributed by atoms with Gasteiger partial charge in [0, 0.05) is 6.42 Å². The minimum absolute atomic E-state index is 0.216. The van der Waals surface area contributed by atoms with Crippen LogP contribution in [0.15, 0.2) is 12.2 Å². The fourth-order valence-electron chi connectivity index (χ4n) is 2.66. The van der Waals surface area contributed by atoms with Crippen LogP contribution in [0.1, 0.15) is 46.5 Å². The normalized spacial score (nSPS) is 38.9. The average Bonchev–Trinajstić information content (AvgIpc) is 2.68. The molecular formula is C15H24O5. The number of fused-ring (bicyclic) bond motifs is 1. The maximum Gasteiger partial charge on any atom is 0.306 e. The number of aliphatic hydroxyl groups is 1. The molecule has 0 radical (unpaired) electrons. The van der Waals surface area contributed by atoms with Gasteiger partial charge in [-0.2, -0.15) is 0 Å². The highest BCUT2D eigenvalue weighted by atomic mass is 16.8. The number of esters is 1. The molecular weight excluding hydrogens is 260 g/mol. The summed E-state index contributed by atoms with van der Waals surface area (Å²) in [7, 11) is 0. The molecule has 2 heterocycles. The Kier molecular flexibility index (Phi) is 4.83. The molecule has 0 bridgehead atoms. The molecule has 5 nitrogen and oxygen atoms in total. The van der Waals surface area contributed by atoms with Gasteiger partial charge >= 0.3 is 5.97 Å². The number of rotatable bonds is 2. The third-order valence-electron chi connectivity index (χ3n) is 3.55. The Hall–Kier alpha value is -0.910. The average molecular weight is 284 g/mol. The van der Waals surface area contributed by atoms with Crippen LogP contribution in [-0.4, -0.2) is 41.3 Å². The molecule has 4 atom stereocenters. The summed E-state index contributed by atoms with van der Waals surface area (Å²) in [6.45, 7) is 5.73. The summed E-state index contributed by atoms with van der Waals surface area (Å²) in [4.78, 5) is 11.8. The summed E-state index contributed by atoms with van der Waals surface area (Å²) in [5.74, 6) is -0.998. The van der Waals surface area contributed by atoms with Crippen LogP contribution in [0.25, 0.3) is 0 Å². The first-order valence-electron chi connectivity index (χ1n) is 7.33. The van der Waals surface area contributed by atoms with Crippen molar-refractivity contribution in [2.75, 3.05) is 0 Å². The maximum atomic E-state index is 11.8.